The smallest absolute Gasteiger partial charge is 0.254 e. The zero-order valence-electron chi connectivity index (χ0n) is 16.0. The molecule has 0 aromatic heterocycles. The second-order valence-corrected chi connectivity index (χ2v) is 8.78. The highest BCUT2D eigenvalue weighted by molar-refractivity contribution is 6.02. The monoisotopic (exact) mass is 354 g/mol. The van der Waals surface area contributed by atoms with E-state index in [2.05, 4.69) is 24.1 Å². The van der Waals surface area contributed by atoms with Gasteiger partial charge in [-0.25, -0.2) is 0 Å². The van der Waals surface area contributed by atoms with Crippen LogP contribution in [0.4, 0.5) is 0 Å². The molecule has 4 heteroatoms. The number of carbonyl (C=O) groups excluding carboxylic acids is 2. The topological polar surface area (TPSA) is 49.4 Å². The first kappa shape index (κ1) is 17.6. The first-order valence-corrected chi connectivity index (χ1v) is 10.2. The molecular weight excluding hydrogens is 324 g/mol. The van der Waals surface area contributed by atoms with Crippen LogP contribution >= 0.6 is 0 Å². The molecule has 1 aromatic carbocycles. The van der Waals surface area contributed by atoms with Crippen LogP contribution in [0.1, 0.15) is 80.6 Å². The molecule has 0 radical (unpaired) electrons. The Hall–Kier alpha value is -1.84. The van der Waals surface area contributed by atoms with Crippen molar-refractivity contribution in [1.82, 2.24) is 10.2 Å². The molecule has 1 atom stereocenters. The lowest BCUT2D eigenvalue weighted by atomic mass is 9.65. The average Bonchev–Trinajstić information content (AvgIpc) is 3.43. The van der Waals surface area contributed by atoms with Gasteiger partial charge in [-0.15, -0.1) is 0 Å². The lowest BCUT2D eigenvalue weighted by Gasteiger charge is -2.54. The standard InChI is InChI=1S/C22H30N2O2/c1-15(2)14-24-21(26)18-9-5-4-8-17(18)19(20(25)23-16-10-11-16)22(24)12-6-3-7-13-22/h4-5,8-9,15-16,19H,3,6-7,10-14H2,1-2H3,(H,23,25)/t19-/m0/s1. The zero-order valence-corrected chi connectivity index (χ0v) is 16.0. The summed E-state index contributed by atoms with van der Waals surface area (Å²) >= 11 is 0. The summed E-state index contributed by atoms with van der Waals surface area (Å²) in [5.41, 5.74) is 1.31. The summed E-state index contributed by atoms with van der Waals surface area (Å²) in [7, 11) is 0. The van der Waals surface area contributed by atoms with Crippen LogP contribution < -0.4 is 5.32 Å². The van der Waals surface area contributed by atoms with Crippen molar-refractivity contribution in [3.05, 3.63) is 35.4 Å². The molecule has 1 heterocycles. The Morgan fingerprint density at radius 3 is 2.54 bits per heavy atom. The number of nitrogens with one attached hydrogen (secondary N) is 1. The van der Waals surface area contributed by atoms with Crippen molar-refractivity contribution in [3.8, 4) is 0 Å². The lowest BCUT2D eigenvalue weighted by Crippen LogP contribution is -2.63. The van der Waals surface area contributed by atoms with Crippen LogP contribution in [0, 0.1) is 5.92 Å². The zero-order chi connectivity index (χ0) is 18.3. The third-order valence-electron chi connectivity index (χ3n) is 6.28. The van der Waals surface area contributed by atoms with E-state index in [0.29, 0.717) is 12.0 Å². The SMILES string of the molecule is CC(C)CN1C(=O)c2ccccc2[C@@H](C(=O)NC2CC2)C12CCCCC2. The molecule has 140 valence electrons. The van der Waals surface area contributed by atoms with Gasteiger partial charge in [0.15, 0.2) is 0 Å². The lowest BCUT2D eigenvalue weighted by molar-refractivity contribution is -0.127. The largest absolute Gasteiger partial charge is 0.353 e. The molecule has 2 saturated carbocycles. The van der Waals surface area contributed by atoms with Gasteiger partial charge in [-0.05, 0) is 43.2 Å². The van der Waals surface area contributed by atoms with E-state index in [1.165, 1.54) is 6.42 Å². The number of hydrogen-bond acceptors (Lipinski definition) is 2. The highest BCUT2D eigenvalue weighted by Crippen LogP contribution is 2.49. The Labute approximate surface area is 156 Å². The number of carbonyl (C=O) groups is 2. The van der Waals surface area contributed by atoms with Crippen LogP contribution in [-0.4, -0.2) is 34.8 Å². The van der Waals surface area contributed by atoms with Crippen LogP contribution in [0.25, 0.3) is 0 Å². The van der Waals surface area contributed by atoms with Gasteiger partial charge in [-0.1, -0.05) is 51.3 Å². The molecule has 0 bridgehead atoms. The molecule has 3 aliphatic rings. The summed E-state index contributed by atoms with van der Waals surface area (Å²) in [4.78, 5) is 28.9. The van der Waals surface area contributed by atoms with E-state index in [0.717, 1.165) is 56.2 Å². The molecule has 4 rings (SSSR count). The van der Waals surface area contributed by atoms with Crippen LogP contribution in [0.2, 0.25) is 0 Å². The first-order chi connectivity index (χ1) is 12.5. The van der Waals surface area contributed by atoms with Gasteiger partial charge in [0.1, 0.15) is 0 Å². The quantitative estimate of drug-likeness (QED) is 0.892. The molecule has 2 amide bonds. The minimum absolute atomic E-state index is 0.117. The van der Waals surface area contributed by atoms with E-state index >= 15 is 0 Å². The number of nitrogens with zero attached hydrogens (tertiary/aromatic N) is 1. The molecule has 1 aromatic rings. The van der Waals surface area contributed by atoms with Crippen molar-refractivity contribution in [2.75, 3.05) is 6.54 Å². The van der Waals surface area contributed by atoms with Gasteiger partial charge in [0.05, 0.1) is 11.5 Å². The molecule has 0 saturated heterocycles. The van der Waals surface area contributed by atoms with Gasteiger partial charge in [0.2, 0.25) is 5.91 Å². The van der Waals surface area contributed by atoms with E-state index in [4.69, 9.17) is 0 Å². The fraction of sp³-hybridized carbons (Fsp3) is 0.636. The Kier molecular flexibility index (Phi) is 4.54. The van der Waals surface area contributed by atoms with Crippen molar-refractivity contribution in [2.45, 2.75) is 76.3 Å². The second-order valence-electron chi connectivity index (χ2n) is 8.78. The van der Waals surface area contributed by atoms with Gasteiger partial charge in [0.25, 0.3) is 5.91 Å². The van der Waals surface area contributed by atoms with E-state index in [1.54, 1.807) is 0 Å². The third-order valence-corrected chi connectivity index (χ3v) is 6.28. The number of rotatable bonds is 4. The van der Waals surface area contributed by atoms with Gasteiger partial charge in [-0.3, -0.25) is 9.59 Å². The Morgan fingerprint density at radius 2 is 1.88 bits per heavy atom. The summed E-state index contributed by atoms with van der Waals surface area (Å²) < 4.78 is 0. The maximum atomic E-state index is 13.4. The molecular formula is C22H30N2O2. The Morgan fingerprint density at radius 1 is 1.19 bits per heavy atom. The average molecular weight is 354 g/mol. The first-order valence-electron chi connectivity index (χ1n) is 10.2. The number of amides is 2. The molecule has 1 N–H and O–H groups in total. The summed E-state index contributed by atoms with van der Waals surface area (Å²) in [5.74, 6) is 0.390. The summed E-state index contributed by atoms with van der Waals surface area (Å²) in [5, 5.41) is 3.25. The van der Waals surface area contributed by atoms with E-state index in [1.807, 2.05) is 24.3 Å². The molecule has 0 unspecified atom stereocenters. The summed E-state index contributed by atoms with van der Waals surface area (Å²) in [6, 6.07) is 8.13. The molecule has 2 fully saturated rings. The van der Waals surface area contributed by atoms with Crippen LogP contribution in [-0.2, 0) is 4.79 Å². The maximum absolute atomic E-state index is 13.4. The second kappa shape index (κ2) is 6.71. The Bertz CT molecular complexity index is 702. The van der Waals surface area contributed by atoms with Crippen molar-refractivity contribution >= 4 is 11.8 Å². The van der Waals surface area contributed by atoms with Gasteiger partial charge < -0.3 is 10.2 Å². The van der Waals surface area contributed by atoms with Gasteiger partial charge in [-0.2, -0.15) is 0 Å². The minimum Gasteiger partial charge on any atom is -0.353 e. The number of hydrogen-bond donors (Lipinski definition) is 1. The van der Waals surface area contributed by atoms with Gasteiger partial charge >= 0.3 is 0 Å². The number of benzene rings is 1. The van der Waals surface area contributed by atoms with Crippen molar-refractivity contribution in [1.29, 1.82) is 0 Å². The van der Waals surface area contributed by atoms with Crippen molar-refractivity contribution < 1.29 is 9.59 Å². The van der Waals surface area contributed by atoms with Crippen LogP contribution in [0.5, 0.6) is 0 Å². The van der Waals surface area contributed by atoms with Crippen molar-refractivity contribution in [2.24, 2.45) is 5.92 Å². The predicted molar refractivity (Wildman–Crippen MR) is 102 cm³/mol. The van der Waals surface area contributed by atoms with Gasteiger partial charge in [0, 0.05) is 18.2 Å². The molecule has 26 heavy (non-hydrogen) atoms. The summed E-state index contributed by atoms with van der Waals surface area (Å²) in [6.45, 7) is 5.04. The fourth-order valence-electron chi connectivity index (χ4n) is 4.99. The van der Waals surface area contributed by atoms with Crippen LogP contribution in [0.3, 0.4) is 0 Å². The third kappa shape index (κ3) is 2.93. The fourth-order valence-corrected chi connectivity index (χ4v) is 4.99. The highest BCUT2D eigenvalue weighted by atomic mass is 16.2. The predicted octanol–water partition coefficient (Wildman–Crippen LogP) is 3.86. The Balaban J connectivity index is 1.83. The van der Waals surface area contributed by atoms with E-state index < -0.39 is 0 Å². The normalized spacial score (nSPS) is 24.7. The molecule has 2 aliphatic carbocycles. The molecule has 1 spiro atoms. The maximum Gasteiger partial charge on any atom is 0.254 e. The van der Waals surface area contributed by atoms with E-state index in [-0.39, 0.29) is 23.3 Å². The van der Waals surface area contributed by atoms with Crippen molar-refractivity contribution in [3.63, 3.8) is 0 Å². The minimum atomic E-state index is -0.354. The molecule has 4 nitrogen and oxygen atoms in total. The van der Waals surface area contributed by atoms with E-state index in [9.17, 15) is 9.59 Å². The highest BCUT2D eigenvalue weighted by Gasteiger charge is 2.54. The van der Waals surface area contributed by atoms with Crippen LogP contribution in [0.15, 0.2) is 24.3 Å². The molecule has 1 aliphatic heterocycles. The summed E-state index contributed by atoms with van der Waals surface area (Å²) in [6.07, 6.45) is 7.42. The number of fused-ring (bicyclic) bond motifs is 1.